The highest BCUT2D eigenvalue weighted by Crippen LogP contribution is 2.21. The fourth-order valence-corrected chi connectivity index (χ4v) is 2.60. The number of benzene rings is 1. The first-order valence-electron chi connectivity index (χ1n) is 7.41. The van der Waals surface area contributed by atoms with Crippen LogP contribution < -0.4 is 9.64 Å². The number of ether oxygens (including phenoxy) is 3. The molecule has 0 saturated carbocycles. The van der Waals surface area contributed by atoms with E-state index >= 15 is 0 Å². The fourth-order valence-electron chi connectivity index (χ4n) is 2.60. The van der Waals surface area contributed by atoms with Gasteiger partial charge in [0.1, 0.15) is 25.2 Å². The van der Waals surface area contributed by atoms with Crippen LogP contribution in [0.1, 0.15) is 0 Å². The third kappa shape index (κ3) is 3.10. The number of carbonyl (C=O) groups is 1. The van der Waals surface area contributed by atoms with Crippen molar-refractivity contribution in [2.75, 3.05) is 51.4 Å². The molecule has 0 unspecified atom stereocenters. The van der Waals surface area contributed by atoms with Crippen molar-refractivity contribution in [3.05, 3.63) is 36.3 Å². The van der Waals surface area contributed by atoms with Crippen LogP contribution in [0.25, 0.3) is 0 Å². The molecule has 0 spiro atoms. The van der Waals surface area contributed by atoms with Gasteiger partial charge in [0.15, 0.2) is 0 Å². The molecule has 6 nitrogen and oxygen atoms in total. The first kappa shape index (κ1) is 14.6. The molecule has 0 aliphatic carbocycles. The molecule has 0 aromatic heterocycles. The van der Waals surface area contributed by atoms with Gasteiger partial charge in [0.05, 0.1) is 7.11 Å². The van der Waals surface area contributed by atoms with Gasteiger partial charge in [-0.25, -0.2) is 0 Å². The first-order chi connectivity index (χ1) is 10.8. The largest absolute Gasteiger partial charge is 0.497 e. The number of piperazine rings is 1. The summed E-state index contributed by atoms with van der Waals surface area (Å²) in [4.78, 5) is 16.4. The van der Waals surface area contributed by atoms with Gasteiger partial charge < -0.3 is 24.0 Å². The Bertz CT molecular complexity index is 548. The van der Waals surface area contributed by atoms with Gasteiger partial charge in [-0.1, -0.05) is 0 Å². The van der Waals surface area contributed by atoms with E-state index in [1.165, 1.54) is 6.26 Å². The molecule has 0 bridgehead atoms. The Hall–Kier alpha value is -2.37. The van der Waals surface area contributed by atoms with Crippen LogP contribution in [-0.2, 0) is 14.3 Å². The second-order valence-electron chi connectivity index (χ2n) is 5.18. The van der Waals surface area contributed by atoms with Crippen LogP contribution in [0, 0.1) is 0 Å². The van der Waals surface area contributed by atoms with Gasteiger partial charge in [0.25, 0.3) is 5.91 Å². The summed E-state index contributed by atoms with van der Waals surface area (Å²) in [5.41, 5.74) is 1.14. The van der Waals surface area contributed by atoms with Crippen LogP contribution in [0.5, 0.6) is 5.75 Å². The number of hydrogen-bond donors (Lipinski definition) is 0. The third-order valence-corrected chi connectivity index (χ3v) is 3.86. The Morgan fingerprint density at radius 2 is 1.82 bits per heavy atom. The van der Waals surface area contributed by atoms with Gasteiger partial charge in [-0.15, -0.1) is 0 Å². The van der Waals surface area contributed by atoms with Crippen molar-refractivity contribution in [1.29, 1.82) is 0 Å². The number of methoxy groups -OCH3 is 1. The molecular formula is C16H20N2O4. The maximum atomic E-state index is 12.3. The topological polar surface area (TPSA) is 51.2 Å². The van der Waals surface area contributed by atoms with Crippen molar-refractivity contribution in [2.45, 2.75) is 0 Å². The van der Waals surface area contributed by atoms with Gasteiger partial charge >= 0.3 is 0 Å². The predicted molar refractivity (Wildman–Crippen MR) is 81.8 cm³/mol. The van der Waals surface area contributed by atoms with E-state index in [1.54, 1.807) is 12.0 Å². The SMILES string of the molecule is COc1ccc(N2CCN(C(=O)C3=COCCO3)CC2)cc1. The van der Waals surface area contributed by atoms with E-state index in [0.717, 1.165) is 24.5 Å². The maximum Gasteiger partial charge on any atom is 0.292 e. The zero-order valence-corrected chi connectivity index (χ0v) is 12.7. The van der Waals surface area contributed by atoms with Crippen LogP contribution in [0.2, 0.25) is 0 Å². The predicted octanol–water partition coefficient (Wildman–Crippen LogP) is 1.23. The number of amides is 1. The van der Waals surface area contributed by atoms with Crippen LogP contribution >= 0.6 is 0 Å². The van der Waals surface area contributed by atoms with E-state index in [9.17, 15) is 4.79 Å². The van der Waals surface area contributed by atoms with Crippen LogP contribution in [0.15, 0.2) is 36.3 Å². The van der Waals surface area contributed by atoms with Gasteiger partial charge in [-0.05, 0) is 24.3 Å². The molecule has 1 aromatic rings. The maximum absolute atomic E-state index is 12.3. The summed E-state index contributed by atoms with van der Waals surface area (Å²) in [6, 6.07) is 7.98. The normalized spacial score (nSPS) is 18.1. The van der Waals surface area contributed by atoms with Gasteiger partial charge in [0, 0.05) is 31.9 Å². The molecule has 22 heavy (non-hydrogen) atoms. The molecule has 0 radical (unpaired) electrons. The summed E-state index contributed by atoms with van der Waals surface area (Å²) in [5.74, 6) is 1.07. The molecule has 1 saturated heterocycles. The lowest BCUT2D eigenvalue weighted by molar-refractivity contribution is -0.132. The second kappa shape index (κ2) is 6.60. The van der Waals surface area contributed by atoms with Crippen molar-refractivity contribution < 1.29 is 19.0 Å². The molecular weight excluding hydrogens is 284 g/mol. The van der Waals surface area contributed by atoms with E-state index in [0.29, 0.717) is 32.1 Å². The summed E-state index contributed by atoms with van der Waals surface area (Å²) >= 11 is 0. The lowest BCUT2D eigenvalue weighted by Gasteiger charge is -2.36. The minimum Gasteiger partial charge on any atom is -0.497 e. The van der Waals surface area contributed by atoms with Crippen LogP contribution in [0.4, 0.5) is 5.69 Å². The summed E-state index contributed by atoms with van der Waals surface area (Å²) in [6.45, 7) is 3.88. The molecule has 1 aromatic carbocycles. The number of carbonyl (C=O) groups excluding carboxylic acids is 1. The lowest BCUT2D eigenvalue weighted by atomic mass is 10.2. The second-order valence-corrected chi connectivity index (χ2v) is 5.18. The quantitative estimate of drug-likeness (QED) is 0.841. The van der Waals surface area contributed by atoms with Crippen LogP contribution in [0.3, 0.4) is 0 Å². The Morgan fingerprint density at radius 3 is 2.41 bits per heavy atom. The van der Waals surface area contributed by atoms with E-state index in [1.807, 2.05) is 24.3 Å². The molecule has 3 rings (SSSR count). The smallest absolute Gasteiger partial charge is 0.292 e. The van der Waals surface area contributed by atoms with Gasteiger partial charge in [-0.3, -0.25) is 4.79 Å². The van der Waals surface area contributed by atoms with E-state index in [4.69, 9.17) is 14.2 Å². The van der Waals surface area contributed by atoms with Crippen LogP contribution in [-0.4, -0.2) is 57.3 Å². The summed E-state index contributed by atoms with van der Waals surface area (Å²) in [5, 5.41) is 0. The summed E-state index contributed by atoms with van der Waals surface area (Å²) in [6.07, 6.45) is 1.42. The molecule has 6 heteroatoms. The number of nitrogens with zero attached hydrogens (tertiary/aromatic N) is 2. The van der Waals surface area contributed by atoms with Gasteiger partial charge in [0.2, 0.25) is 5.76 Å². The number of rotatable bonds is 3. The molecule has 2 aliphatic heterocycles. The molecule has 2 aliphatic rings. The third-order valence-electron chi connectivity index (χ3n) is 3.86. The Kier molecular flexibility index (Phi) is 4.37. The number of hydrogen-bond acceptors (Lipinski definition) is 5. The minimum absolute atomic E-state index is 0.0888. The monoisotopic (exact) mass is 304 g/mol. The van der Waals surface area contributed by atoms with Crippen molar-refractivity contribution in [1.82, 2.24) is 4.90 Å². The Balaban J connectivity index is 1.57. The highest BCUT2D eigenvalue weighted by molar-refractivity contribution is 5.91. The standard InChI is InChI=1S/C16H20N2O4/c1-20-14-4-2-13(3-5-14)17-6-8-18(9-7-17)16(19)15-12-21-10-11-22-15/h2-5,12H,6-11H2,1H3. The Morgan fingerprint density at radius 1 is 1.09 bits per heavy atom. The zero-order chi connectivity index (χ0) is 15.4. The summed E-state index contributed by atoms with van der Waals surface area (Å²) < 4.78 is 15.7. The highest BCUT2D eigenvalue weighted by atomic mass is 16.6. The van der Waals surface area contributed by atoms with Crippen molar-refractivity contribution in [2.24, 2.45) is 0 Å². The average Bonchev–Trinajstić information content (AvgIpc) is 2.62. The molecule has 0 N–H and O–H groups in total. The molecule has 1 fully saturated rings. The first-order valence-corrected chi connectivity index (χ1v) is 7.41. The lowest BCUT2D eigenvalue weighted by Crippen LogP contribution is -2.49. The minimum atomic E-state index is -0.0888. The highest BCUT2D eigenvalue weighted by Gasteiger charge is 2.26. The summed E-state index contributed by atoms with van der Waals surface area (Å²) in [7, 11) is 1.66. The van der Waals surface area contributed by atoms with Crippen molar-refractivity contribution >= 4 is 11.6 Å². The number of anilines is 1. The van der Waals surface area contributed by atoms with E-state index in [-0.39, 0.29) is 5.91 Å². The van der Waals surface area contributed by atoms with E-state index < -0.39 is 0 Å². The average molecular weight is 304 g/mol. The van der Waals surface area contributed by atoms with Gasteiger partial charge in [-0.2, -0.15) is 0 Å². The van der Waals surface area contributed by atoms with E-state index in [2.05, 4.69) is 4.90 Å². The Labute approximate surface area is 129 Å². The zero-order valence-electron chi connectivity index (χ0n) is 12.7. The molecule has 118 valence electrons. The molecule has 0 atom stereocenters. The fraction of sp³-hybridized carbons (Fsp3) is 0.438. The molecule has 1 amide bonds. The van der Waals surface area contributed by atoms with Crippen molar-refractivity contribution in [3.8, 4) is 5.75 Å². The molecule has 2 heterocycles. The van der Waals surface area contributed by atoms with Crippen molar-refractivity contribution in [3.63, 3.8) is 0 Å².